The Balaban J connectivity index is 3.95. The van der Waals surface area contributed by atoms with Crippen LogP contribution in [-0.4, -0.2) is 12.6 Å². The van der Waals surface area contributed by atoms with Crippen LogP contribution >= 0.6 is 0 Å². The number of hydrogen-bond donors (Lipinski definition) is 0. The summed E-state index contributed by atoms with van der Waals surface area (Å²) in [7, 11) is 0. The minimum Gasteiger partial charge on any atom is -0.463 e. The van der Waals surface area contributed by atoms with Crippen LogP contribution in [0.2, 0.25) is 0 Å². The Labute approximate surface area is 98.7 Å². The van der Waals surface area contributed by atoms with E-state index in [1.165, 1.54) is 17.2 Å². The fraction of sp³-hybridized carbons (Fsp3) is 0.500. The molecule has 0 heterocycles. The fourth-order valence-corrected chi connectivity index (χ4v) is 1.15. The first-order chi connectivity index (χ1) is 7.56. The molecule has 0 radical (unpaired) electrons. The molecule has 0 aliphatic heterocycles. The molecule has 0 atom stereocenters. The Morgan fingerprint density at radius 2 is 1.94 bits per heavy atom. The van der Waals surface area contributed by atoms with E-state index in [1.807, 2.05) is 6.08 Å². The molecule has 0 aromatic heterocycles. The van der Waals surface area contributed by atoms with Crippen LogP contribution in [0.4, 0.5) is 0 Å². The number of carbonyl (C=O) groups excluding carboxylic acids is 1. The third-order valence-electron chi connectivity index (χ3n) is 1.99. The van der Waals surface area contributed by atoms with Crippen LogP contribution in [0.15, 0.2) is 35.5 Å². The molecule has 16 heavy (non-hydrogen) atoms. The SMILES string of the molecule is CCOC(=O)/C=C/C=C(\C)CCC=C(C)C. The van der Waals surface area contributed by atoms with Crippen LogP contribution in [0.5, 0.6) is 0 Å². The van der Waals surface area contributed by atoms with E-state index in [-0.39, 0.29) is 5.97 Å². The van der Waals surface area contributed by atoms with Gasteiger partial charge >= 0.3 is 5.97 Å². The largest absolute Gasteiger partial charge is 0.463 e. The monoisotopic (exact) mass is 222 g/mol. The smallest absolute Gasteiger partial charge is 0.330 e. The van der Waals surface area contributed by atoms with Gasteiger partial charge in [-0.2, -0.15) is 0 Å². The Kier molecular flexibility index (Phi) is 8.22. The van der Waals surface area contributed by atoms with Gasteiger partial charge in [0.1, 0.15) is 0 Å². The second-order valence-electron chi connectivity index (χ2n) is 3.94. The topological polar surface area (TPSA) is 26.3 Å². The summed E-state index contributed by atoms with van der Waals surface area (Å²) in [6.45, 7) is 8.48. The minimum absolute atomic E-state index is 0.282. The number of carbonyl (C=O) groups is 1. The highest BCUT2D eigenvalue weighted by Crippen LogP contribution is 2.06. The first kappa shape index (κ1) is 14.7. The summed E-state index contributed by atoms with van der Waals surface area (Å²) in [5.41, 5.74) is 2.60. The number of ether oxygens (including phenoxy) is 1. The van der Waals surface area contributed by atoms with Crippen LogP contribution in [-0.2, 0) is 9.53 Å². The maximum Gasteiger partial charge on any atom is 0.330 e. The van der Waals surface area contributed by atoms with Gasteiger partial charge in [-0.3, -0.25) is 0 Å². The van der Waals surface area contributed by atoms with Gasteiger partial charge in [0.25, 0.3) is 0 Å². The van der Waals surface area contributed by atoms with Gasteiger partial charge in [-0.05, 0) is 40.5 Å². The Morgan fingerprint density at radius 1 is 1.25 bits per heavy atom. The van der Waals surface area contributed by atoms with Crippen molar-refractivity contribution in [2.24, 2.45) is 0 Å². The van der Waals surface area contributed by atoms with E-state index in [0.717, 1.165) is 12.8 Å². The predicted octanol–water partition coefficient (Wildman–Crippen LogP) is 3.80. The molecule has 2 nitrogen and oxygen atoms in total. The second-order valence-corrected chi connectivity index (χ2v) is 3.94. The molecule has 0 saturated carbocycles. The third-order valence-corrected chi connectivity index (χ3v) is 1.99. The Hall–Kier alpha value is -1.31. The fourth-order valence-electron chi connectivity index (χ4n) is 1.15. The molecule has 0 fully saturated rings. The van der Waals surface area contributed by atoms with Gasteiger partial charge in [0.05, 0.1) is 6.61 Å². The van der Waals surface area contributed by atoms with Gasteiger partial charge in [0.15, 0.2) is 0 Å². The van der Waals surface area contributed by atoms with E-state index in [0.29, 0.717) is 6.61 Å². The Morgan fingerprint density at radius 3 is 2.50 bits per heavy atom. The zero-order valence-corrected chi connectivity index (χ0v) is 10.7. The lowest BCUT2D eigenvalue weighted by Gasteiger charge is -1.97. The van der Waals surface area contributed by atoms with Crippen molar-refractivity contribution in [3.63, 3.8) is 0 Å². The van der Waals surface area contributed by atoms with E-state index in [2.05, 4.69) is 26.8 Å². The summed E-state index contributed by atoms with van der Waals surface area (Å²) in [5.74, 6) is -0.282. The van der Waals surface area contributed by atoms with Gasteiger partial charge in [-0.1, -0.05) is 29.4 Å². The molecule has 0 aliphatic carbocycles. The quantitative estimate of drug-likeness (QED) is 0.296. The summed E-state index contributed by atoms with van der Waals surface area (Å²) >= 11 is 0. The molecular weight excluding hydrogens is 200 g/mol. The van der Waals surface area contributed by atoms with Crippen molar-refractivity contribution in [1.82, 2.24) is 0 Å². The molecule has 0 bridgehead atoms. The van der Waals surface area contributed by atoms with E-state index in [9.17, 15) is 4.79 Å². The summed E-state index contributed by atoms with van der Waals surface area (Å²) in [6, 6.07) is 0. The van der Waals surface area contributed by atoms with Crippen molar-refractivity contribution in [1.29, 1.82) is 0 Å². The summed E-state index contributed by atoms with van der Waals surface area (Å²) in [4.78, 5) is 11.0. The van der Waals surface area contributed by atoms with Gasteiger partial charge in [0, 0.05) is 6.08 Å². The zero-order valence-electron chi connectivity index (χ0n) is 10.7. The number of esters is 1. The average Bonchev–Trinajstić information content (AvgIpc) is 2.17. The number of rotatable bonds is 6. The highest BCUT2D eigenvalue weighted by atomic mass is 16.5. The van der Waals surface area contributed by atoms with E-state index >= 15 is 0 Å². The molecule has 0 rings (SSSR count). The van der Waals surface area contributed by atoms with Gasteiger partial charge in [0.2, 0.25) is 0 Å². The molecule has 0 saturated heterocycles. The van der Waals surface area contributed by atoms with Crippen molar-refractivity contribution in [3.05, 3.63) is 35.5 Å². The Bertz CT molecular complexity index is 292. The standard InChI is InChI=1S/C14H22O2/c1-5-16-14(15)11-7-10-13(4)9-6-8-12(2)3/h7-8,10-11H,5-6,9H2,1-4H3/b11-7+,13-10+. The van der Waals surface area contributed by atoms with Crippen LogP contribution < -0.4 is 0 Å². The van der Waals surface area contributed by atoms with E-state index < -0.39 is 0 Å². The predicted molar refractivity (Wildman–Crippen MR) is 68.2 cm³/mol. The van der Waals surface area contributed by atoms with Crippen LogP contribution in [0.1, 0.15) is 40.5 Å². The van der Waals surface area contributed by atoms with Gasteiger partial charge in [-0.25, -0.2) is 4.79 Å². The van der Waals surface area contributed by atoms with Crippen molar-refractivity contribution in [2.45, 2.75) is 40.5 Å². The number of allylic oxidation sites excluding steroid dienone is 5. The van der Waals surface area contributed by atoms with Crippen molar-refractivity contribution in [2.75, 3.05) is 6.61 Å². The maximum absolute atomic E-state index is 11.0. The summed E-state index contributed by atoms with van der Waals surface area (Å²) in [6.07, 6.45) is 9.45. The molecule has 0 aromatic carbocycles. The first-order valence-electron chi connectivity index (χ1n) is 5.70. The molecule has 0 N–H and O–H groups in total. The summed E-state index contributed by atoms with van der Waals surface area (Å²) < 4.78 is 4.77. The molecule has 2 heteroatoms. The lowest BCUT2D eigenvalue weighted by atomic mass is 10.1. The maximum atomic E-state index is 11.0. The molecule has 0 aliphatic rings. The van der Waals surface area contributed by atoms with Crippen LogP contribution in [0.25, 0.3) is 0 Å². The number of hydrogen-bond acceptors (Lipinski definition) is 2. The lowest BCUT2D eigenvalue weighted by Crippen LogP contribution is -1.98. The van der Waals surface area contributed by atoms with Crippen molar-refractivity contribution >= 4 is 5.97 Å². The minimum atomic E-state index is -0.282. The zero-order chi connectivity index (χ0) is 12.4. The molecule has 0 spiro atoms. The van der Waals surface area contributed by atoms with E-state index in [1.54, 1.807) is 13.0 Å². The van der Waals surface area contributed by atoms with Crippen LogP contribution in [0, 0.1) is 0 Å². The van der Waals surface area contributed by atoms with E-state index in [4.69, 9.17) is 4.74 Å². The van der Waals surface area contributed by atoms with Gasteiger partial charge in [-0.15, -0.1) is 0 Å². The highest BCUT2D eigenvalue weighted by Gasteiger charge is 1.91. The van der Waals surface area contributed by atoms with Crippen molar-refractivity contribution < 1.29 is 9.53 Å². The third kappa shape index (κ3) is 9.25. The van der Waals surface area contributed by atoms with Gasteiger partial charge < -0.3 is 4.74 Å². The second kappa shape index (κ2) is 8.96. The molecular formula is C14H22O2. The molecule has 0 amide bonds. The average molecular weight is 222 g/mol. The first-order valence-corrected chi connectivity index (χ1v) is 5.70. The lowest BCUT2D eigenvalue weighted by molar-refractivity contribution is -0.137. The van der Waals surface area contributed by atoms with Crippen molar-refractivity contribution in [3.8, 4) is 0 Å². The highest BCUT2D eigenvalue weighted by molar-refractivity contribution is 5.82. The van der Waals surface area contributed by atoms with Crippen LogP contribution in [0.3, 0.4) is 0 Å². The molecule has 90 valence electrons. The summed E-state index contributed by atoms with van der Waals surface area (Å²) in [5, 5.41) is 0. The molecule has 0 unspecified atom stereocenters. The normalized spacial score (nSPS) is 11.6. The molecule has 0 aromatic rings.